The number of methoxy groups -OCH3 is 1. The molecule has 0 saturated carbocycles. The van der Waals surface area contributed by atoms with Crippen LogP contribution in [0.3, 0.4) is 0 Å². The molecule has 0 unspecified atom stereocenters. The Morgan fingerprint density at radius 1 is 1.16 bits per heavy atom. The molecule has 0 heterocycles. The van der Waals surface area contributed by atoms with Crippen LogP contribution in [0.2, 0.25) is 0 Å². The van der Waals surface area contributed by atoms with Crippen molar-refractivity contribution < 1.29 is 22.3 Å². The van der Waals surface area contributed by atoms with Crippen molar-refractivity contribution in [3.63, 3.8) is 0 Å². The van der Waals surface area contributed by atoms with E-state index in [2.05, 4.69) is 10.0 Å². The highest BCUT2D eigenvalue weighted by atomic mass is 32.2. The molecule has 6 nitrogen and oxygen atoms in total. The summed E-state index contributed by atoms with van der Waals surface area (Å²) in [6.07, 6.45) is 0. The molecule has 0 spiro atoms. The van der Waals surface area contributed by atoms with Gasteiger partial charge in [-0.3, -0.25) is 4.79 Å². The number of carbonyl (C=O) groups excluding carboxylic acids is 1. The Bertz CT molecular complexity index is 882. The summed E-state index contributed by atoms with van der Waals surface area (Å²) in [5.41, 5.74) is -0.0273. The van der Waals surface area contributed by atoms with Crippen LogP contribution in [-0.2, 0) is 10.0 Å². The summed E-state index contributed by atoms with van der Waals surface area (Å²) in [6.45, 7) is 3.39. The SMILES string of the molecule is COc1ccc(S(=O)(=O)NC(C)C)cc1NC(=O)c1ccccc1F. The van der Waals surface area contributed by atoms with Gasteiger partial charge in [0.05, 0.1) is 23.3 Å². The lowest BCUT2D eigenvalue weighted by Crippen LogP contribution is -2.30. The first-order chi connectivity index (χ1) is 11.7. The summed E-state index contributed by atoms with van der Waals surface area (Å²) in [5, 5.41) is 2.49. The summed E-state index contributed by atoms with van der Waals surface area (Å²) >= 11 is 0. The third kappa shape index (κ3) is 4.55. The second-order valence-corrected chi connectivity index (χ2v) is 7.29. The summed E-state index contributed by atoms with van der Waals surface area (Å²) in [6, 6.07) is 9.26. The average molecular weight is 366 g/mol. The highest BCUT2D eigenvalue weighted by Gasteiger charge is 2.19. The van der Waals surface area contributed by atoms with Crippen molar-refractivity contribution in [3.05, 3.63) is 53.8 Å². The molecular weight excluding hydrogens is 347 g/mol. The van der Waals surface area contributed by atoms with E-state index in [4.69, 9.17) is 4.74 Å². The zero-order chi connectivity index (χ0) is 18.6. The average Bonchev–Trinajstić information content (AvgIpc) is 2.54. The van der Waals surface area contributed by atoms with Gasteiger partial charge in [-0.15, -0.1) is 0 Å². The normalized spacial score (nSPS) is 11.4. The molecule has 0 fully saturated rings. The first kappa shape index (κ1) is 18.9. The van der Waals surface area contributed by atoms with Gasteiger partial charge in [0.2, 0.25) is 10.0 Å². The third-order valence-electron chi connectivity index (χ3n) is 3.24. The number of anilines is 1. The van der Waals surface area contributed by atoms with Gasteiger partial charge in [0, 0.05) is 6.04 Å². The Morgan fingerprint density at radius 2 is 1.84 bits per heavy atom. The second kappa shape index (κ2) is 7.62. The maximum atomic E-state index is 13.7. The Hall–Kier alpha value is -2.45. The zero-order valence-electron chi connectivity index (χ0n) is 14.0. The van der Waals surface area contributed by atoms with Crippen LogP contribution in [0.4, 0.5) is 10.1 Å². The molecule has 2 N–H and O–H groups in total. The van der Waals surface area contributed by atoms with Gasteiger partial charge in [0.15, 0.2) is 0 Å². The van der Waals surface area contributed by atoms with Crippen molar-refractivity contribution in [2.45, 2.75) is 24.8 Å². The zero-order valence-corrected chi connectivity index (χ0v) is 14.9. The number of ether oxygens (including phenoxy) is 1. The van der Waals surface area contributed by atoms with Crippen LogP contribution >= 0.6 is 0 Å². The van der Waals surface area contributed by atoms with E-state index >= 15 is 0 Å². The van der Waals surface area contributed by atoms with Crippen molar-refractivity contribution in [2.24, 2.45) is 0 Å². The summed E-state index contributed by atoms with van der Waals surface area (Å²) in [4.78, 5) is 12.2. The first-order valence-corrected chi connectivity index (χ1v) is 8.99. The van der Waals surface area contributed by atoms with Crippen molar-refractivity contribution in [1.82, 2.24) is 4.72 Å². The molecule has 0 atom stereocenters. The highest BCUT2D eigenvalue weighted by molar-refractivity contribution is 7.89. The van der Waals surface area contributed by atoms with Crippen LogP contribution in [0.1, 0.15) is 24.2 Å². The second-order valence-electron chi connectivity index (χ2n) is 5.57. The van der Waals surface area contributed by atoms with Gasteiger partial charge < -0.3 is 10.1 Å². The molecule has 0 saturated heterocycles. The van der Waals surface area contributed by atoms with Crippen LogP contribution in [0.15, 0.2) is 47.4 Å². The van der Waals surface area contributed by atoms with E-state index in [0.29, 0.717) is 0 Å². The number of sulfonamides is 1. The minimum absolute atomic E-state index is 0.0363. The Balaban J connectivity index is 2.38. The van der Waals surface area contributed by atoms with E-state index in [1.54, 1.807) is 13.8 Å². The minimum atomic E-state index is -3.75. The maximum absolute atomic E-state index is 13.7. The van der Waals surface area contributed by atoms with E-state index in [0.717, 1.165) is 0 Å². The Kier molecular flexibility index (Phi) is 5.76. The topological polar surface area (TPSA) is 84.5 Å². The number of hydrogen-bond donors (Lipinski definition) is 2. The molecule has 0 aliphatic carbocycles. The molecule has 0 radical (unpaired) electrons. The molecule has 0 bridgehead atoms. The van der Waals surface area contributed by atoms with Gasteiger partial charge >= 0.3 is 0 Å². The van der Waals surface area contributed by atoms with Crippen LogP contribution < -0.4 is 14.8 Å². The number of carbonyl (C=O) groups is 1. The Labute approximate surface area is 146 Å². The molecule has 2 aromatic rings. The van der Waals surface area contributed by atoms with Crippen molar-refractivity contribution in [2.75, 3.05) is 12.4 Å². The maximum Gasteiger partial charge on any atom is 0.258 e. The highest BCUT2D eigenvalue weighted by Crippen LogP contribution is 2.28. The number of amides is 1. The van der Waals surface area contributed by atoms with Crippen molar-refractivity contribution >= 4 is 21.6 Å². The van der Waals surface area contributed by atoms with E-state index in [9.17, 15) is 17.6 Å². The summed E-state index contributed by atoms with van der Waals surface area (Å²) < 4.78 is 45.9. The molecule has 1 amide bonds. The molecule has 2 aromatic carbocycles. The monoisotopic (exact) mass is 366 g/mol. The van der Waals surface area contributed by atoms with Crippen LogP contribution in [0.25, 0.3) is 0 Å². The smallest absolute Gasteiger partial charge is 0.258 e. The van der Waals surface area contributed by atoms with E-state index in [1.807, 2.05) is 0 Å². The lowest BCUT2D eigenvalue weighted by molar-refractivity contribution is 0.102. The number of nitrogens with one attached hydrogen (secondary N) is 2. The molecule has 2 rings (SSSR count). The number of halogens is 1. The third-order valence-corrected chi connectivity index (χ3v) is 4.90. The van der Waals surface area contributed by atoms with E-state index in [1.165, 1.54) is 49.6 Å². The van der Waals surface area contributed by atoms with E-state index in [-0.39, 0.29) is 27.9 Å². The molecular formula is C17H19FN2O4S. The predicted octanol–water partition coefficient (Wildman–Crippen LogP) is 2.77. The van der Waals surface area contributed by atoms with E-state index < -0.39 is 21.7 Å². The van der Waals surface area contributed by atoms with Gasteiger partial charge in [0.25, 0.3) is 5.91 Å². The van der Waals surface area contributed by atoms with Gasteiger partial charge in [0.1, 0.15) is 11.6 Å². The van der Waals surface area contributed by atoms with Crippen LogP contribution in [0, 0.1) is 5.82 Å². The largest absolute Gasteiger partial charge is 0.495 e. The first-order valence-electron chi connectivity index (χ1n) is 7.51. The minimum Gasteiger partial charge on any atom is -0.495 e. The fraction of sp³-hybridized carbons (Fsp3) is 0.235. The molecule has 0 aromatic heterocycles. The number of rotatable bonds is 6. The predicted molar refractivity (Wildman–Crippen MR) is 92.8 cm³/mol. The molecule has 134 valence electrons. The van der Waals surface area contributed by atoms with Crippen LogP contribution in [-0.4, -0.2) is 27.5 Å². The van der Waals surface area contributed by atoms with Crippen molar-refractivity contribution in [3.8, 4) is 5.75 Å². The van der Waals surface area contributed by atoms with Crippen LogP contribution in [0.5, 0.6) is 5.75 Å². The van der Waals surface area contributed by atoms with Crippen molar-refractivity contribution in [1.29, 1.82) is 0 Å². The Morgan fingerprint density at radius 3 is 2.44 bits per heavy atom. The lowest BCUT2D eigenvalue weighted by atomic mass is 10.2. The fourth-order valence-corrected chi connectivity index (χ4v) is 3.44. The molecule has 25 heavy (non-hydrogen) atoms. The molecule has 8 heteroatoms. The quantitative estimate of drug-likeness (QED) is 0.823. The standard InChI is InChI=1S/C17H19FN2O4S/c1-11(2)20-25(22,23)12-8-9-16(24-3)15(10-12)19-17(21)13-6-4-5-7-14(13)18/h4-11,20H,1-3H3,(H,19,21). The number of hydrogen-bond acceptors (Lipinski definition) is 4. The van der Waals surface area contributed by atoms with Gasteiger partial charge in [-0.2, -0.15) is 0 Å². The van der Waals surface area contributed by atoms with Gasteiger partial charge in [-0.1, -0.05) is 12.1 Å². The molecule has 0 aliphatic heterocycles. The van der Waals surface area contributed by atoms with Gasteiger partial charge in [-0.25, -0.2) is 17.5 Å². The summed E-state index contributed by atoms with van der Waals surface area (Å²) in [7, 11) is -2.36. The summed E-state index contributed by atoms with van der Waals surface area (Å²) in [5.74, 6) is -1.12. The van der Waals surface area contributed by atoms with Gasteiger partial charge in [-0.05, 0) is 44.2 Å². The number of benzene rings is 2. The fourth-order valence-electron chi connectivity index (χ4n) is 2.17. The lowest BCUT2D eigenvalue weighted by Gasteiger charge is -2.14. The molecule has 0 aliphatic rings.